The standard InChI is InChI=1S/C21H28N4O3/c1-21(2)8-10-24(11-9-22-21)12-14-4-3-5-15-16(14)13-25(20(15)28)17-6-7-18(26)23-19(17)27/h3-5,17,22H,6-13H2,1-2H3,(H,23,26,27). The molecule has 1 unspecified atom stereocenters. The van der Waals surface area contributed by atoms with E-state index in [9.17, 15) is 14.4 Å². The lowest BCUT2D eigenvalue weighted by atomic mass is 10.0. The molecular formula is C21H28N4O3. The summed E-state index contributed by atoms with van der Waals surface area (Å²) in [4.78, 5) is 40.7. The van der Waals surface area contributed by atoms with Crippen molar-refractivity contribution < 1.29 is 14.4 Å². The molecule has 0 bridgehead atoms. The van der Waals surface area contributed by atoms with Gasteiger partial charge in [0.25, 0.3) is 5.91 Å². The van der Waals surface area contributed by atoms with Crippen LogP contribution in [0.25, 0.3) is 0 Å². The second-order valence-electron chi connectivity index (χ2n) is 8.68. The van der Waals surface area contributed by atoms with Crippen LogP contribution in [0.15, 0.2) is 18.2 Å². The summed E-state index contributed by atoms with van der Waals surface area (Å²) in [5, 5.41) is 5.94. The van der Waals surface area contributed by atoms with Crippen LogP contribution in [-0.4, -0.2) is 58.7 Å². The Hall–Kier alpha value is -2.25. The Morgan fingerprint density at radius 1 is 1.18 bits per heavy atom. The minimum Gasteiger partial charge on any atom is -0.322 e. The Morgan fingerprint density at radius 3 is 2.79 bits per heavy atom. The number of nitrogens with one attached hydrogen (secondary N) is 2. The maximum atomic E-state index is 12.9. The van der Waals surface area contributed by atoms with Gasteiger partial charge in [0.05, 0.1) is 0 Å². The van der Waals surface area contributed by atoms with E-state index in [4.69, 9.17) is 0 Å². The zero-order valence-corrected chi connectivity index (χ0v) is 16.6. The van der Waals surface area contributed by atoms with Gasteiger partial charge in [-0.05, 0) is 43.9 Å². The molecule has 0 aromatic heterocycles. The number of hydrogen-bond donors (Lipinski definition) is 2. The third-order valence-electron chi connectivity index (χ3n) is 6.16. The van der Waals surface area contributed by atoms with Crippen molar-refractivity contribution in [2.75, 3.05) is 19.6 Å². The number of nitrogens with zero attached hydrogens (tertiary/aromatic N) is 2. The summed E-state index contributed by atoms with van der Waals surface area (Å²) in [6.07, 6.45) is 1.75. The molecule has 2 fully saturated rings. The van der Waals surface area contributed by atoms with Crippen LogP contribution in [0.3, 0.4) is 0 Å². The molecule has 0 radical (unpaired) electrons. The van der Waals surface area contributed by atoms with E-state index in [-0.39, 0.29) is 29.7 Å². The summed E-state index contributed by atoms with van der Waals surface area (Å²) < 4.78 is 0. The summed E-state index contributed by atoms with van der Waals surface area (Å²) in [7, 11) is 0. The van der Waals surface area contributed by atoms with Crippen molar-refractivity contribution in [1.29, 1.82) is 0 Å². The first-order valence-corrected chi connectivity index (χ1v) is 10.1. The van der Waals surface area contributed by atoms with Gasteiger partial charge in [0.1, 0.15) is 6.04 Å². The van der Waals surface area contributed by atoms with Gasteiger partial charge in [0.2, 0.25) is 11.8 Å². The highest BCUT2D eigenvalue weighted by Gasteiger charge is 2.39. The summed E-state index contributed by atoms with van der Waals surface area (Å²) >= 11 is 0. The predicted molar refractivity (Wildman–Crippen MR) is 104 cm³/mol. The minimum atomic E-state index is -0.561. The van der Waals surface area contributed by atoms with Gasteiger partial charge in [0.15, 0.2) is 0 Å². The number of piperidine rings is 1. The lowest BCUT2D eigenvalue weighted by Crippen LogP contribution is -2.52. The average molecular weight is 384 g/mol. The van der Waals surface area contributed by atoms with Gasteiger partial charge in [-0.15, -0.1) is 0 Å². The van der Waals surface area contributed by atoms with E-state index in [1.54, 1.807) is 4.90 Å². The number of carbonyl (C=O) groups is 3. The van der Waals surface area contributed by atoms with Gasteiger partial charge in [-0.25, -0.2) is 0 Å². The first-order valence-electron chi connectivity index (χ1n) is 10.1. The van der Waals surface area contributed by atoms with Crippen LogP contribution in [0.5, 0.6) is 0 Å². The summed E-state index contributed by atoms with van der Waals surface area (Å²) in [5.41, 5.74) is 3.01. The molecule has 0 spiro atoms. The fraction of sp³-hybridized carbons (Fsp3) is 0.571. The molecule has 2 N–H and O–H groups in total. The fourth-order valence-electron chi connectivity index (χ4n) is 4.39. The summed E-state index contributed by atoms with van der Waals surface area (Å²) in [6.45, 7) is 8.63. The summed E-state index contributed by atoms with van der Waals surface area (Å²) in [6, 6.07) is 5.30. The van der Waals surface area contributed by atoms with E-state index in [1.807, 2.05) is 12.1 Å². The largest absolute Gasteiger partial charge is 0.322 e. The molecule has 0 saturated carbocycles. The van der Waals surface area contributed by atoms with E-state index in [0.29, 0.717) is 18.5 Å². The van der Waals surface area contributed by atoms with E-state index >= 15 is 0 Å². The van der Waals surface area contributed by atoms with Crippen molar-refractivity contribution in [2.45, 2.75) is 57.8 Å². The highest BCUT2D eigenvalue weighted by atomic mass is 16.2. The molecule has 2 saturated heterocycles. The monoisotopic (exact) mass is 384 g/mol. The van der Waals surface area contributed by atoms with Crippen molar-refractivity contribution in [1.82, 2.24) is 20.4 Å². The van der Waals surface area contributed by atoms with E-state index in [1.165, 1.54) is 0 Å². The molecule has 4 rings (SSSR count). The van der Waals surface area contributed by atoms with E-state index < -0.39 is 6.04 Å². The molecular weight excluding hydrogens is 356 g/mol. The Bertz CT molecular complexity index is 820. The van der Waals surface area contributed by atoms with Gasteiger partial charge in [-0.1, -0.05) is 12.1 Å². The lowest BCUT2D eigenvalue weighted by molar-refractivity contribution is -0.136. The van der Waals surface area contributed by atoms with Crippen LogP contribution >= 0.6 is 0 Å². The molecule has 3 aliphatic heterocycles. The van der Waals surface area contributed by atoms with Gasteiger partial charge in [-0.3, -0.25) is 24.6 Å². The second-order valence-corrected chi connectivity index (χ2v) is 8.68. The number of benzene rings is 1. The number of amides is 3. The molecule has 3 amide bonds. The van der Waals surface area contributed by atoms with Crippen molar-refractivity contribution in [2.24, 2.45) is 0 Å². The summed E-state index contributed by atoms with van der Waals surface area (Å²) in [5.74, 6) is -0.728. The number of carbonyl (C=O) groups excluding carboxylic acids is 3. The Morgan fingerprint density at radius 2 is 2.00 bits per heavy atom. The molecule has 1 atom stereocenters. The number of hydrogen-bond acceptors (Lipinski definition) is 5. The first kappa shape index (κ1) is 19.1. The molecule has 1 aromatic carbocycles. The highest BCUT2D eigenvalue weighted by molar-refractivity contribution is 6.05. The molecule has 1 aromatic rings. The molecule has 150 valence electrons. The molecule has 3 aliphatic rings. The van der Waals surface area contributed by atoms with Crippen LogP contribution in [0, 0.1) is 0 Å². The SMILES string of the molecule is CC1(C)CCN(Cc2cccc3c2CN(C2CCC(=O)NC2=O)C3=O)CCN1. The molecule has 7 heteroatoms. The second kappa shape index (κ2) is 7.29. The zero-order chi connectivity index (χ0) is 19.9. The zero-order valence-electron chi connectivity index (χ0n) is 16.6. The van der Waals surface area contributed by atoms with Crippen LogP contribution in [0.2, 0.25) is 0 Å². The Balaban J connectivity index is 1.51. The van der Waals surface area contributed by atoms with Gasteiger partial charge in [0, 0.05) is 50.2 Å². The van der Waals surface area contributed by atoms with Crippen molar-refractivity contribution in [3.8, 4) is 0 Å². The smallest absolute Gasteiger partial charge is 0.255 e. The van der Waals surface area contributed by atoms with Crippen LogP contribution < -0.4 is 10.6 Å². The van der Waals surface area contributed by atoms with Crippen LogP contribution in [0.4, 0.5) is 0 Å². The number of imide groups is 1. The van der Waals surface area contributed by atoms with E-state index in [0.717, 1.165) is 43.7 Å². The van der Waals surface area contributed by atoms with Crippen LogP contribution in [0.1, 0.15) is 54.6 Å². The van der Waals surface area contributed by atoms with Crippen molar-refractivity contribution in [3.05, 3.63) is 34.9 Å². The van der Waals surface area contributed by atoms with Gasteiger partial charge in [-0.2, -0.15) is 0 Å². The first-order chi connectivity index (χ1) is 13.3. The Kier molecular flexibility index (Phi) is 4.97. The predicted octanol–water partition coefficient (Wildman–Crippen LogP) is 1.02. The maximum absolute atomic E-state index is 12.9. The topological polar surface area (TPSA) is 81.8 Å². The molecule has 3 heterocycles. The van der Waals surface area contributed by atoms with Crippen LogP contribution in [-0.2, 0) is 22.7 Å². The molecule has 7 nitrogen and oxygen atoms in total. The van der Waals surface area contributed by atoms with Gasteiger partial charge >= 0.3 is 0 Å². The average Bonchev–Trinajstić information content (AvgIpc) is 2.87. The third-order valence-corrected chi connectivity index (χ3v) is 6.16. The number of rotatable bonds is 3. The quantitative estimate of drug-likeness (QED) is 0.761. The minimum absolute atomic E-state index is 0.106. The lowest BCUT2D eigenvalue weighted by Gasteiger charge is -2.29. The van der Waals surface area contributed by atoms with Crippen molar-refractivity contribution >= 4 is 17.7 Å². The maximum Gasteiger partial charge on any atom is 0.255 e. The Labute approximate surface area is 165 Å². The number of fused-ring (bicyclic) bond motifs is 1. The molecule has 28 heavy (non-hydrogen) atoms. The normalized spacial score (nSPS) is 25.4. The van der Waals surface area contributed by atoms with Crippen molar-refractivity contribution in [3.63, 3.8) is 0 Å². The highest BCUT2D eigenvalue weighted by Crippen LogP contribution is 2.30. The molecule has 0 aliphatic carbocycles. The third kappa shape index (κ3) is 3.69. The van der Waals surface area contributed by atoms with E-state index in [2.05, 4.69) is 35.4 Å². The van der Waals surface area contributed by atoms with Gasteiger partial charge < -0.3 is 10.2 Å². The fourth-order valence-corrected chi connectivity index (χ4v) is 4.39.